The summed E-state index contributed by atoms with van der Waals surface area (Å²) in [6, 6.07) is 5.66. The number of nitrogens with two attached hydrogens (primary N) is 1. The summed E-state index contributed by atoms with van der Waals surface area (Å²) >= 11 is 1.46. The van der Waals surface area contributed by atoms with Crippen molar-refractivity contribution < 1.29 is 14.3 Å². The molecule has 32 heavy (non-hydrogen) atoms. The summed E-state index contributed by atoms with van der Waals surface area (Å²) in [4.78, 5) is 13.9. The van der Waals surface area contributed by atoms with E-state index >= 15 is 0 Å². The molecule has 0 aliphatic carbocycles. The van der Waals surface area contributed by atoms with Gasteiger partial charge in [0.1, 0.15) is 10.8 Å². The molecule has 2 N–H and O–H groups in total. The second-order valence-corrected chi connectivity index (χ2v) is 8.89. The average Bonchev–Trinajstić information content (AvgIpc) is 3.40. The van der Waals surface area contributed by atoms with Gasteiger partial charge in [-0.2, -0.15) is 5.10 Å². The maximum absolute atomic E-state index is 11.6. The first-order valence-corrected chi connectivity index (χ1v) is 11.6. The van der Waals surface area contributed by atoms with Crippen molar-refractivity contribution in [2.24, 2.45) is 0 Å². The highest BCUT2D eigenvalue weighted by Gasteiger charge is 2.22. The number of carbonyl (C=O) groups is 1. The Morgan fingerprint density at radius 1 is 1.31 bits per heavy atom. The summed E-state index contributed by atoms with van der Waals surface area (Å²) in [6.07, 6.45) is 3.30. The third-order valence-corrected chi connectivity index (χ3v) is 6.07. The number of aromatic nitrogens is 4. The van der Waals surface area contributed by atoms with Crippen molar-refractivity contribution in [3.8, 4) is 21.5 Å². The van der Waals surface area contributed by atoms with Crippen LogP contribution in [-0.4, -0.2) is 56.6 Å². The molecular weight excluding hydrogens is 428 g/mol. The fourth-order valence-electron chi connectivity index (χ4n) is 3.61. The van der Waals surface area contributed by atoms with Crippen LogP contribution in [0.1, 0.15) is 38.4 Å². The number of hydrogen-bond acceptors (Lipinski definition) is 9. The van der Waals surface area contributed by atoms with Crippen molar-refractivity contribution in [2.45, 2.75) is 46.3 Å². The van der Waals surface area contributed by atoms with Crippen LogP contribution < -0.4 is 10.5 Å². The normalized spacial score (nSPS) is 13.9. The molecule has 170 valence electrons. The highest BCUT2D eigenvalue weighted by molar-refractivity contribution is 7.17. The first kappa shape index (κ1) is 22.2. The maximum Gasteiger partial charge on any atom is 0.307 e. The number of benzene rings is 1. The third kappa shape index (κ3) is 5.08. The molecule has 4 rings (SSSR count). The van der Waals surface area contributed by atoms with Gasteiger partial charge >= 0.3 is 5.97 Å². The van der Waals surface area contributed by atoms with Gasteiger partial charge in [0.05, 0.1) is 30.5 Å². The molecule has 0 bridgehead atoms. The Kier molecular flexibility index (Phi) is 6.71. The van der Waals surface area contributed by atoms with Crippen LogP contribution >= 0.6 is 11.3 Å². The van der Waals surface area contributed by atoms with E-state index in [4.69, 9.17) is 20.3 Å². The van der Waals surface area contributed by atoms with E-state index in [1.165, 1.54) is 11.3 Å². The fourth-order valence-corrected chi connectivity index (χ4v) is 4.38. The van der Waals surface area contributed by atoms with Gasteiger partial charge in [0.25, 0.3) is 0 Å². The lowest BCUT2D eigenvalue weighted by Crippen LogP contribution is -2.32. The molecule has 1 aromatic carbocycles. The number of carbonyl (C=O) groups excluding carboxylic acids is 1. The van der Waals surface area contributed by atoms with Crippen LogP contribution in [0.5, 0.6) is 5.75 Å². The van der Waals surface area contributed by atoms with Crippen LogP contribution in [0.4, 0.5) is 5.69 Å². The Bertz CT molecular complexity index is 1090. The predicted octanol–water partition coefficient (Wildman–Crippen LogP) is 3.07. The van der Waals surface area contributed by atoms with Crippen LogP contribution in [0.2, 0.25) is 0 Å². The molecule has 0 atom stereocenters. The summed E-state index contributed by atoms with van der Waals surface area (Å²) in [6.45, 7) is 8.49. The number of esters is 1. The van der Waals surface area contributed by atoms with Crippen molar-refractivity contribution in [1.82, 2.24) is 24.9 Å². The first-order chi connectivity index (χ1) is 15.4. The lowest BCUT2D eigenvalue weighted by Gasteiger charge is -2.25. The lowest BCUT2D eigenvalue weighted by atomic mass is 10.1. The highest BCUT2D eigenvalue weighted by atomic mass is 32.1. The Morgan fingerprint density at radius 3 is 2.91 bits per heavy atom. The number of fused-ring (bicyclic) bond motifs is 1. The van der Waals surface area contributed by atoms with Crippen LogP contribution in [0.3, 0.4) is 0 Å². The standard InChI is InChI=1S/C22H28N6O3S/c1-4-30-20(29)8-10-27-9-7-18-16(12-27)13-28(26-18)22-25-24-21(32-22)15-5-6-19(17(23)11-15)31-14(2)3/h5-6,11,13-14H,4,7-10,12,23H2,1-3H3. The number of ether oxygens (including phenoxy) is 2. The molecule has 0 amide bonds. The van der Waals surface area contributed by atoms with E-state index in [-0.39, 0.29) is 12.1 Å². The van der Waals surface area contributed by atoms with Crippen LogP contribution in [0, 0.1) is 0 Å². The lowest BCUT2D eigenvalue weighted by molar-refractivity contribution is -0.143. The predicted molar refractivity (Wildman–Crippen MR) is 123 cm³/mol. The Hall–Kier alpha value is -2.98. The molecule has 0 saturated heterocycles. The van der Waals surface area contributed by atoms with Gasteiger partial charge in [-0.05, 0) is 39.0 Å². The highest BCUT2D eigenvalue weighted by Crippen LogP contribution is 2.32. The van der Waals surface area contributed by atoms with E-state index in [9.17, 15) is 4.79 Å². The summed E-state index contributed by atoms with van der Waals surface area (Å²) in [5.41, 5.74) is 9.82. The van der Waals surface area contributed by atoms with Crippen molar-refractivity contribution in [1.29, 1.82) is 0 Å². The van der Waals surface area contributed by atoms with Gasteiger partial charge in [0.15, 0.2) is 0 Å². The SMILES string of the molecule is CCOC(=O)CCN1CCc2nn(-c3nnc(-c4ccc(OC(C)C)c(N)c4)s3)cc2C1. The van der Waals surface area contributed by atoms with E-state index in [0.29, 0.717) is 36.1 Å². The van der Waals surface area contributed by atoms with E-state index in [0.717, 1.165) is 41.3 Å². The van der Waals surface area contributed by atoms with Gasteiger partial charge in [-0.3, -0.25) is 9.69 Å². The molecule has 2 aromatic heterocycles. The van der Waals surface area contributed by atoms with Crippen molar-refractivity contribution in [3.63, 3.8) is 0 Å². The zero-order chi connectivity index (χ0) is 22.7. The largest absolute Gasteiger partial charge is 0.489 e. The minimum absolute atomic E-state index is 0.0585. The number of anilines is 1. The molecule has 0 fully saturated rings. The van der Waals surface area contributed by atoms with E-state index in [1.54, 1.807) is 4.68 Å². The van der Waals surface area contributed by atoms with Gasteiger partial charge in [-0.25, -0.2) is 4.68 Å². The van der Waals surface area contributed by atoms with Gasteiger partial charge in [0.2, 0.25) is 5.13 Å². The molecule has 0 unspecified atom stereocenters. The zero-order valence-corrected chi connectivity index (χ0v) is 19.4. The number of rotatable bonds is 8. The van der Waals surface area contributed by atoms with Gasteiger partial charge < -0.3 is 15.2 Å². The summed E-state index contributed by atoms with van der Waals surface area (Å²) < 4.78 is 12.5. The van der Waals surface area contributed by atoms with Crippen LogP contribution in [0.15, 0.2) is 24.4 Å². The molecule has 0 spiro atoms. The molecule has 0 saturated carbocycles. The third-order valence-electron chi connectivity index (χ3n) is 5.10. The molecule has 1 aliphatic rings. The van der Waals surface area contributed by atoms with E-state index < -0.39 is 0 Å². The second-order valence-electron chi connectivity index (χ2n) is 7.94. The van der Waals surface area contributed by atoms with Crippen LogP contribution in [-0.2, 0) is 22.5 Å². The minimum Gasteiger partial charge on any atom is -0.489 e. The molecule has 10 heteroatoms. The van der Waals surface area contributed by atoms with Crippen molar-refractivity contribution in [2.75, 3.05) is 25.4 Å². The Balaban J connectivity index is 1.45. The van der Waals surface area contributed by atoms with E-state index in [2.05, 4.69) is 15.1 Å². The zero-order valence-electron chi connectivity index (χ0n) is 18.6. The van der Waals surface area contributed by atoms with Gasteiger partial charge in [0, 0.05) is 43.4 Å². The van der Waals surface area contributed by atoms with Crippen LogP contribution in [0.25, 0.3) is 15.7 Å². The monoisotopic (exact) mass is 456 g/mol. The number of hydrogen-bond donors (Lipinski definition) is 1. The Labute approximate surface area is 191 Å². The average molecular weight is 457 g/mol. The number of nitrogen functional groups attached to an aromatic ring is 1. The fraction of sp³-hybridized carbons (Fsp3) is 0.455. The smallest absolute Gasteiger partial charge is 0.307 e. The van der Waals surface area contributed by atoms with E-state index in [1.807, 2.05) is 45.2 Å². The van der Waals surface area contributed by atoms with Gasteiger partial charge in [-0.1, -0.05) is 11.3 Å². The van der Waals surface area contributed by atoms with Crippen molar-refractivity contribution >= 4 is 23.0 Å². The second kappa shape index (κ2) is 9.66. The summed E-state index contributed by atoms with van der Waals surface area (Å²) in [7, 11) is 0. The first-order valence-electron chi connectivity index (χ1n) is 10.8. The molecule has 1 aliphatic heterocycles. The molecule has 0 radical (unpaired) electrons. The molecule has 3 heterocycles. The van der Waals surface area contributed by atoms with Crippen molar-refractivity contribution in [3.05, 3.63) is 35.7 Å². The minimum atomic E-state index is -0.153. The summed E-state index contributed by atoms with van der Waals surface area (Å²) in [5.74, 6) is 0.514. The summed E-state index contributed by atoms with van der Waals surface area (Å²) in [5, 5.41) is 14.8. The topological polar surface area (TPSA) is 108 Å². The maximum atomic E-state index is 11.6. The molecular formula is C22H28N6O3S. The quantitative estimate of drug-likeness (QED) is 0.407. The Morgan fingerprint density at radius 2 is 2.16 bits per heavy atom. The number of nitrogens with zero attached hydrogens (tertiary/aromatic N) is 5. The van der Waals surface area contributed by atoms with Gasteiger partial charge in [-0.15, -0.1) is 10.2 Å². The molecule has 9 nitrogen and oxygen atoms in total. The molecule has 3 aromatic rings.